The van der Waals surface area contributed by atoms with Crippen LogP contribution in [0.5, 0.6) is 5.75 Å². The molecule has 5 nitrogen and oxygen atoms in total. The first-order chi connectivity index (χ1) is 14.5. The van der Waals surface area contributed by atoms with Crippen LogP contribution in [-0.2, 0) is 9.53 Å². The number of hydrogen-bond donors (Lipinski definition) is 1. The van der Waals surface area contributed by atoms with E-state index in [0.29, 0.717) is 19.1 Å². The van der Waals surface area contributed by atoms with Crippen LogP contribution in [0.2, 0.25) is 0 Å². The summed E-state index contributed by atoms with van der Waals surface area (Å²) in [6.45, 7) is 11.3. The molecule has 3 atom stereocenters. The molecule has 1 saturated carbocycles. The summed E-state index contributed by atoms with van der Waals surface area (Å²) in [6.07, 6.45) is 7.38. The van der Waals surface area contributed by atoms with Crippen LogP contribution in [0.15, 0.2) is 24.3 Å². The summed E-state index contributed by atoms with van der Waals surface area (Å²) in [7, 11) is 0. The number of benzene rings is 1. The Hall–Kier alpha value is -1.59. The standard InChI is InChI=1S/C25H40N2O3/c1-4-16-30-25(13-5-7-20(2)18-25)24(28)26-22-9-11-23(12-10-22)29-17-15-27-14-6-8-21(3)19-27/h9-12,20-21H,4-8,13-19H2,1-3H3,(H,26,28)/t20-,21+,25-/m1/s1. The molecule has 0 bridgehead atoms. The lowest BCUT2D eigenvalue weighted by Crippen LogP contribution is -2.48. The highest BCUT2D eigenvalue weighted by molar-refractivity contribution is 5.97. The zero-order chi connectivity index (χ0) is 21.4. The minimum absolute atomic E-state index is 0.00427. The van der Waals surface area contributed by atoms with Crippen molar-refractivity contribution in [2.45, 2.75) is 71.3 Å². The molecule has 2 fully saturated rings. The van der Waals surface area contributed by atoms with Crippen LogP contribution >= 0.6 is 0 Å². The molecule has 0 aromatic heterocycles. The molecule has 1 aliphatic heterocycles. The number of piperidine rings is 1. The zero-order valence-corrected chi connectivity index (χ0v) is 19.1. The third kappa shape index (κ3) is 6.45. The SMILES string of the molecule is CCCO[C@]1(C(=O)Nc2ccc(OCCN3CCC[C@H](C)C3)cc2)CCC[C@@H](C)C1. The molecule has 2 aliphatic rings. The van der Waals surface area contributed by atoms with Crippen LogP contribution in [0.25, 0.3) is 0 Å². The highest BCUT2D eigenvalue weighted by Crippen LogP contribution is 2.36. The fourth-order valence-electron chi connectivity index (χ4n) is 4.87. The van der Waals surface area contributed by atoms with Crippen LogP contribution in [0.1, 0.15) is 65.7 Å². The number of carbonyl (C=O) groups is 1. The third-order valence-electron chi connectivity index (χ3n) is 6.48. The second-order valence-corrected chi connectivity index (χ2v) is 9.42. The molecular weight excluding hydrogens is 376 g/mol. The van der Waals surface area contributed by atoms with Gasteiger partial charge < -0.3 is 14.8 Å². The van der Waals surface area contributed by atoms with Crippen molar-refractivity contribution in [3.63, 3.8) is 0 Å². The van der Waals surface area contributed by atoms with Crippen LogP contribution in [0, 0.1) is 11.8 Å². The summed E-state index contributed by atoms with van der Waals surface area (Å²) in [5.41, 5.74) is 0.115. The first-order valence-electron chi connectivity index (χ1n) is 11.9. The monoisotopic (exact) mass is 416 g/mol. The summed E-state index contributed by atoms with van der Waals surface area (Å²) in [4.78, 5) is 15.6. The summed E-state index contributed by atoms with van der Waals surface area (Å²) >= 11 is 0. The number of ether oxygens (including phenoxy) is 2. The number of nitrogens with one attached hydrogen (secondary N) is 1. The smallest absolute Gasteiger partial charge is 0.256 e. The predicted octanol–water partition coefficient (Wildman–Crippen LogP) is 5.11. The first kappa shape index (κ1) is 23.1. The lowest BCUT2D eigenvalue weighted by atomic mass is 9.78. The number of amides is 1. The topological polar surface area (TPSA) is 50.8 Å². The van der Waals surface area contributed by atoms with E-state index in [1.807, 2.05) is 24.3 Å². The van der Waals surface area contributed by atoms with E-state index in [4.69, 9.17) is 9.47 Å². The Bertz CT molecular complexity index is 663. The maximum absolute atomic E-state index is 13.1. The molecule has 1 aromatic carbocycles. The Balaban J connectivity index is 1.50. The maximum atomic E-state index is 13.1. The molecule has 0 unspecified atom stereocenters. The Morgan fingerprint density at radius 2 is 1.90 bits per heavy atom. The molecule has 5 heteroatoms. The van der Waals surface area contributed by atoms with Crippen LogP contribution < -0.4 is 10.1 Å². The molecule has 1 N–H and O–H groups in total. The lowest BCUT2D eigenvalue weighted by Gasteiger charge is -2.38. The normalized spacial score (nSPS) is 27.6. The number of rotatable bonds is 9. The average Bonchev–Trinajstić information content (AvgIpc) is 2.73. The van der Waals surface area contributed by atoms with Gasteiger partial charge in [-0.1, -0.05) is 27.2 Å². The Morgan fingerprint density at radius 3 is 2.60 bits per heavy atom. The van der Waals surface area contributed by atoms with Crippen LogP contribution in [0.4, 0.5) is 5.69 Å². The summed E-state index contributed by atoms with van der Waals surface area (Å²) in [5.74, 6) is 2.15. The second kappa shape index (κ2) is 11.1. The van der Waals surface area contributed by atoms with Crippen molar-refractivity contribution >= 4 is 11.6 Å². The van der Waals surface area contributed by atoms with Crippen molar-refractivity contribution < 1.29 is 14.3 Å². The van der Waals surface area contributed by atoms with E-state index in [-0.39, 0.29) is 5.91 Å². The molecule has 1 aliphatic carbocycles. The highest BCUT2D eigenvalue weighted by Gasteiger charge is 2.42. The summed E-state index contributed by atoms with van der Waals surface area (Å²) in [6, 6.07) is 7.74. The number of nitrogens with zero attached hydrogens (tertiary/aromatic N) is 1. The van der Waals surface area contributed by atoms with Crippen molar-refractivity contribution in [3.8, 4) is 5.75 Å². The molecule has 1 heterocycles. The Morgan fingerprint density at radius 1 is 1.13 bits per heavy atom. The highest BCUT2D eigenvalue weighted by atomic mass is 16.5. The van der Waals surface area contributed by atoms with E-state index in [1.165, 1.54) is 32.4 Å². The molecule has 0 spiro atoms. The van der Waals surface area contributed by atoms with Gasteiger partial charge in [0.15, 0.2) is 0 Å². The van der Waals surface area contributed by atoms with Crippen molar-refractivity contribution in [1.29, 1.82) is 0 Å². The van der Waals surface area contributed by atoms with Crippen molar-refractivity contribution in [1.82, 2.24) is 4.90 Å². The van der Waals surface area contributed by atoms with Crippen LogP contribution in [-0.4, -0.2) is 49.3 Å². The Kier molecular flexibility index (Phi) is 8.58. The van der Waals surface area contributed by atoms with Crippen LogP contribution in [0.3, 0.4) is 0 Å². The molecule has 1 saturated heterocycles. The van der Waals surface area contributed by atoms with E-state index < -0.39 is 5.60 Å². The number of likely N-dealkylation sites (tertiary alicyclic amines) is 1. The number of carbonyl (C=O) groups excluding carboxylic acids is 1. The molecule has 1 amide bonds. The van der Waals surface area contributed by atoms with Gasteiger partial charge in [0.25, 0.3) is 5.91 Å². The Labute approximate surface area is 182 Å². The largest absolute Gasteiger partial charge is 0.492 e. The minimum atomic E-state index is -0.686. The summed E-state index contributed by atoms with van der Waals surface area (Å²) < 4.78 is 12.1. The van der Waals surface area contributed by atoms with Gasteiger partial charge in [-0.3, -0.25) is 9.69 Å². The quantitative estimate of drug-likeness (QED) is 0.608. The van der Waals surface area contributed by atoms with Gasteiger partial charge in [0.1, 0.15) is 18.0 Å². The van der Waals surface area contributed by atoms with Crippen molar-refractivity contribution in [2.24, 2.45) is 11.8 Å². The van der Waals surface area contributed by atoms with Crippen molar-refractivity contribution in [3.05, 3.63) is 24.3 Å². The van der Waals surface area contributed by atoms with Gasteiger partial charge in [0, 0.05) is 25.4 Å². The fourth-order valence-corrected chi connectivity index (χ4v) is 4.87. The van der Waals surface area contributed by atoms with Gasteiger partial charge in [0.05, 0.1) is 0 Å². The van der Waals surface area contributed by atoms with Gasteiger partial charge in [-0.05, 0) is 81.2 Å². The minimum Gasteiger partial charge on any atom is -0.492 e. The van der Waals surface area contributed by atoms with Gasteiger partial charge in [-0.2, -0.15) is 0 Å². The fraction of sp³-hybridized carbons (Fsp3) is 0.720. The van der Waals surface area contributed by atoms with Crippen molar-refractivity contribution in [2.75, 3.05) is 38.2 Å². The summed E-state index contributed by atoms with van der Waals surface area (Å²) in [5, 5.41) is 3.09. The molecule has 3 rings (SSSR count). The number of anilines is 1. The molecule has 1 aromatic rings. The van der Waals surface area contributed by atoms with E-state index >= 15 is 0 Å². The van der Waals surface area contributed by atoms with E-state index in [1.54, 1.807) is 0 Å². The predicted molar refractivity (Wildman–Crippen MR) is 122 cm³/mol. The van der Waals surface area contributed by atoms with Gasteiger partial charge in [-0.15, -0.1) is 0 Å². The maximum Gasteiger partial charge on any atom is 0.256 e. The second-order valence-electron chi connectivity index (χ2n) is 9.42. The average molecular weight is 417 g/mol. The zero-order valence-electron chi connectivity index (χ0n) is 19.1. The van der Waals surface area contributed by atoms with Gasteiger partial charge in [-0.25, -0.2) is 0 Å². The molecular formula is C25H40N2O3. The third-order valence-corrected chi connectivity index (χ3v) is 6.48. The molecule has 30 heavy (non-hydrogen) atoms. The van der Waals surface area contributed by atoms with Gasteiger partial charge >= 0.3 is 0 Å². The molecule has 168 valence electrons. The van der Waals surface area contributed by atoms with E-state index in [2.05, 4.69) is 31.0 Å². The lowest BCUT2D eigenvalue weighted by molar-refractivity contribution is -0.148. The number of hydrogen-bond acceptors (Lipinski definition) is 4. The van der Waals surface area contributed by atoms with E-state index in [0.717, 1.165) is 49.6 Å². The van der Waals surface area contributed by atoms with E-state index in [9.17, 15) is 4.79 Å². The van der Waals surface area contributed by atoms with Gasteiger partial charge in [0.2, 0.25) is 0 Å². The first-order valence-corrected chi connectivity index (χ1v) is 11.9. The molecule has 0 radical (unpaired) electrons.